The molecule has 0 atom stereocenters. The van der Waals surface area contributed by atoms with Gasteiger partial charge in [-0.3, -0.25) is 4.98 Å². The number of nitrogens with one attached hydrogen (secondary N) is 2. The Morgan fingerprint density at radius 2 is 2.09 bits per heavy atom. The van der Waals surface area contributed by atoms with Crippen LogP contribution in [-0.4, -0.2) is 23.2 Å². The molecule has 58 valence electrons. The first-order valence-corrected chi connectivity index (χ1v) is 3.52. The molecule has 0 fully saturated rings. The van der Waals surface area contributed by atoms with Crippen LogP contribution in [-0.2, 0) is 0 Å². The van der Waals surface area contributed by atoms with Crippen LogP contribution in [0, 0.1) is 0 Å². The van der Waals surface area contributed by atoms with E-state index in [1.807, 2.05) is 0 Å². The number of fused-ring (bicyclic) bond motifs is 1. The van der Waals surface area contributed by atoms with Crippen LogP contribution in [0.2, 0.25) is 0 Å². The maximum absolute atomic E-state index is 9.29. The van der Waals surface area contributed by atoms with Crippen molar-refractivity contribution in [2.45, 2.75) is 0 Å². The average molecular weight is 151 g/mol. The third-order valence-electron chi connectivity index (χ3n) is 1.67. The molecule has 0 saturated carbocycles. The molecule has 0 radical (unpaired) electrons. The zero-order valence-corrected chi connectivity index (χ0v) is 5.96. The molecule has 4 nitrogen and oxygen atoms in total. The third kappa shape index (κ3) is 0.960. The van der Waals surface area contributed by atoms with Gasteiger partial charge in [-0.15, -0.1) is 0 Å². The SMILES string of the molecule is Oc1cncc2c1NCCN2. The zero-order valence-electron chi connectivity index (χ0n) is 5.96. The average Bonchev–Trinajstić information content (AvgIpc) is 2.06. The van der Waals surface area contributed by atoms with Gasteiger partial charge in [-0.1, -0.05) is 0 Å². The van der Waals surface area contributed by atoms with E-state index in [1.54, 1.807) is 6.20 Å². The summed E-state index contributed by atoms with van der Waals surface area (Å²) >= 11 is 0. The van der Waals surface area contributed by atoms with E-state index >= 15 is 0 Å². The Kier molecular flexibility index (Phi) is 1.31. The molecular weight excluding hydrogens is 142 g/mol. The molecular formula is C7H9N3O. The van der Waals surface area contributed by atoms with Crippen LogP contribution >= 0.6 is 0 Å². The van der Waals surface area contributed by atoms with Crippen LogP contribution in [0.3, 0.4) is 0 Å². The molecule has 0 amide bonds. The molecule has 1 aliphatic heterocycles. The lowest BCUT2D eigenvalue weighted by Crippen LogP contribution is -2.20. The third-order valence-corrected chi connectivity index (χ3v) is 1.67. The lowest BCUT2D eigenvalue weighted by atomic mass is 10.2. The standard InChI is InChI=1S/C7H9N3O/c11-6-4-8-3-5-7(6)10-2-1-9-5/h3-4,9-11H,1-2H2. The monoisotopic (exact) mass is 151 g/mol. The summed E-state index contributed by atoms with van der Waals surface area (Å²) in [6.07, 6.45) is 3.13. The molecule has 0 saturated heterocycles. The van der Waals surface area contributed by atoms with E-state index in [0.29, 0.717) is 0 Å². The van der Waals surface area contributed by atoms with Crippen molar-refractivity contribution < 1.29 is 5.11 Å². The molecule has 0 spiro atoms. The van der Waals surface area contributed by atoms with Gasteiger partial charge >= 0.3 is 0 Å². The Morgan fingerprint density at radius 3 is 2.91 bits per heavy atom. The number of aromatic nitrogens is 1. The number of anilines is 2. The number of hydrogen-bond acceptors (Lipinski definition) is 4. The molecule has 4 heteroatoms. The second-order valence-corrected chi connectivity index (χ2v) is 2.43. The summed E-state index contributed by atoms with van der Waals surface area (Å²) < 4.78 is 0. The van der Waals surface area contributed by atoms with E-state index in [-0.39, 0.29) is 5.75 Å². The van der Waals surface area contributed by atoms with Crippen LogP contribution in [0.25, 0.3) is 0 Å². The van der Waals surface area contributed by atoms with Crippen molar-refractivity contribution >= 4 is 11.4 Å². The van der Waals surface area contributed by atoms with Crippen molar-refractivity contribution in [1.29, 1.82) is 0 Å². The van der Waals surface area contributed by atoms with Gasteiger partial charge < -0.3 is 15.7 Å². The van der Waals surface area contributed by atoms with Gasteiger partial charge in [-0.25, -0.2) is 0 Å². The van der Waals surface area contributed by atoms with E-state index in [4.69, 9.17) is 0 Å². The lowest BCUT2D eigenvalue weighted by molar-refractivity contribution is 0.474. The van der Waals surface area contributed by atoms with Crippen molar-refractivity contribution in [2.24, 2.45) is 0 Å². The van der Waals surface area contributed by atoms with Gasteiger partial charge in [0.1, 0.15) is 5.69 Å². The Balaban J connectivity index is 2.49. The highest BCUT2D eigenvalue weighted by Gasteiger charge is 2.10. The molecule has 1 aromatic heterocycles. The second kappa shape index (κ2) is 2.30. The molecule has 3 N–H and O–H groups in total. The summed E-state index contributed by atoms with van der Waals surface area (Å²) in [6.45, 7) is 1.71. The minimum Gasteiger partial charge on any atom is -0.504 e. The molecule has 1 aromatic rings. The molecule has 2 rings (SSSR count). The van der Waals surface area contributed by atoms with Gasteiger partial charge in [-0.05, 0) is 0 Å². The number of pyridine rings is 1. The summed E-state index contributed by atoms with van der Waals surface area (Å²) in [5.74, 6) is 0.203. The van der Waals surface area contributed by atoms with Gasteiger partial charge in [0.05, 0.1) is 18.1 Å². The van der Waals surface area contributed by atoms with Crippen molar-refractivity contribution in [2.75, 3.05) is 23.7 Å². The maximum atomic E-state index is 9.29. The number of hydrogen-bond donors (Lipinski definition) is 3. The van der Waals surface area contributed by atoms with Gasteiger partial charge in [-0.2, -0.15) is 0 Å². The normalized spacial score (nSPS) is 14.5. The molecule has 11 heavy (non-hydrogen) atoms. The topological polar surface area (TPSA) is 57.2 Å². The number of aromatic hydroxyl groups is 1. The van der Waals surface area contributed by atoms with E-state index in [2.05, 4.69) is 15.6 Å². The Labute approximate surface area is 64.3 Å². The minimum absolute atomic E-state index is 0.203. The van der Waals surface area contributed by atoms with Crippen LogP contribution < -0.4 is 10.6 Å². The van der Waals surface area contributed by atoms with E-state index in [0.717, 1.165) is 24.5 Å². The summed E-state index contributed by atoms with van der Waals surface area (Å²) in [6, 6.07) is 0. The number of nitrogens with zero attached hydrogens (tertiary/aromatic N) is 1. The molecule has 0 unspecified atom stereocenters. The first-order chi connectivity index (χ1) is 5.38. The first kappa shape index (κ1) is 6.27. The summed E-state index contributed by atoms with van der Waals surface area (Å²) in [4.78, 5) is 3.85. The van der Waals surface area contributed by atoms with Crippen molar-refractivity contribution in [3.63, 3.8) is 0 Å². The summed E-state index contributed by atoms with van der Waals surface area (Å²) in [5.41, 5.74) is 1.63. The first-order valence-electron chi connectivity index (χ1n) is 3.52. The summed E-state index contributed by atoms with van der Waals surface area (Å²) in [5, 5.41) is 15.5. The predicted molar refractivity (Wildman–Crippen MR) is 42.9 cm³/mol. The highest BCUT2D eigenvalue weighted by atomic mass is 16.3. The highest BCUT2D eigenvalue weighted by Crippen LogP contribution is 2.31. The summed E-state index contributed by atoms with van der Waals surface area (Å²) in [7, 11) is 0. The number of rotatable bonds is 0. The minimum atomic E-state index is 0.203. The highest BCUT2D eigenvalue weighted by molar-refractivity contribution is 5.75. The van der Waals surface area contributed by atoms with E-state index in [9.17, 15) is 5.11 Å². The van der Waals surface area contributed by atoms with Gasteiger partial charge in [0.25, 0.3) is 0 Å². The van der Waals surface area contributed by atoms with Crippen LogP contribution in [0.5, 0.6) is 5.75 Å². The Bertz CT molecular complexity index is 274. The second-order valence-electron chi connectivity index (χ2n) is 2.43. The molecule has 0 aliphatic carbocycles. The molecule has 0 aromatic carbocycles. The van der Waals surface area contributed by atoms with E-state index < -0.39 is 0 Å². The quantitative estimate of drug-likeness (QED) is 0.509. The Hall–Kier alpha value is -1.45. The van der Waals surface area contributed by atoms with Crippen LogP contribution in [0.15, 0.2) is 12.4 Å². The molecule has 0 bridgehead atoms. The van der Waals surface area contributed by atoms with Gasteiger partial charge in [0.15, 0.2) is 5.75 Å². The maximum Gasteiger partial charge on any atom is 0.159 e. The van der Waals surface area contributed by atoms with Gasteiger partial charge in [0.2, 0.25) is 0 Å². The fraction of sp³-hybridized carbons (Fsp3) is 0.286. The molecule has 1 aliphatic rings. The smallest absolute Gasteiger partial charge is 0.159 e. The van der Waals surface area contributed by atoms with Crippen LogP contribution in [0.4, 0.5) is 11.4 Å². The van der Waals surface area contributed by atoms with Crippen molar-refractivity contribution in [3.05, 3.63) is 12.4 Å². The van der Waals surface area contributed by atoms with Crippen molar-refractivity contribution in [3.8, 4) is 5.75 Å². The predicted octanol–water partition coefficient (Wildman–Crippen LogP) is 0.625. The van der Waals surface area contributed by atoms with E-state index in [1.165, 1.54) is 6.20 Å². The van der Waals surface area contributed by atoms with Gasteiger partial charge in [0, 0.05) is 13.1 Å². The largest absolute Gasteiger partial charge is 0.504 e. The fourth-order valence-electron chi connectivity index (χ4n) is 1.15. The zero-order chi connectivity index (χ0) is 7.68. The lowest BCUT2D eigenvalue weighted by Gasteiger charge is -2.19. The fourth-order valence-corrected chi connectivity index (χ4v) is 1.15. The van der Waals surface area contributed by atoms with Crippen molar-refractivity contribution in [1.82, 2.24) is 4.98 Å². The van der Waals surface area contributed by atoms with Crippen LogP contribution in [0.1, 0.15) is 0 Å². The Morgan fingerprint density at radius 1 is 1.27 bits per heavy atom. The molecule has 2 heterocycles.